The summed E-state index contributed by atoms with van der Waals surface area (Å²) < 4.78 is 15.9. The summed E-state index contributed by atoms with van der Waals surface area (Å²) in [5.41, 5.74) is 0.708. The van der Waals surface area contributed by atoms with Crippen LogP contribution in [0.15, 0.2) is 22.7 Å². The van der Waals surface area contributed by atoms with Gasteiger partial charge in [-0.05, 0) is 25.0 Å². The van der Waals surface area contributed by atoms with Crippen molar-refractivity contribution in [3.05, 3.63) is 29.9 Å². The second kappa shape index (κ2) is 9.18. The van der Waals surface area contributed by atoms with E-state index in [-0.39, 0.29) is 36.0 Å². The molecular weight excluding hydrogens is 412 g/mol. The van der Waals surface area contributed by atoms with Gasteiger partial charge in [-0.1, -0.05) is 19.0 Å². The Bertz CT molecular complexity index is 981. The number of aromatic nitrogens is 2. The SMILES string of the molecule is COc1ccc(N2C[C@@H](C(=O)N3CCC(c4noc(C(C)C)n4)CC3)CC2=O)cc1OC. The molecule has 32 heavy (non-hydrogen) atoms. The van der Waals surface area contributed by atoms with E-state index >= 15 is 0 Å². The monoisotopic (exact) mass is 442 g/mol. The van der Waals surface area contributed by atoms with E-state index in [4.69, 9.17) is 14.0 Å². The van der Waals surface area contributed by atoms with Gasteiger partial charge in [-0.2, -0.15) is 4.98 Å². The number of piperidine rings is 1. The van der Waals surface area contributed by atoms with Crippen molar-refractivity contribution in [2.75, 3.05) is 38.8 Å². The molecule has 2 saturated heterocycles. The number of methoxy groups -OCH3 is 2. The first kappa shape index (κ1) is 22.1. The fourth-order valence-electron chi connectivity index (χ4n) is 4.38. The third-order valence-electron chi connectivity index (χ3n) is 6.28. The summed E-state index contributed by atoms with van der Waals surface area (Å²) in [4.78, 5) is 33.8. The Morgan fingerprint density at radius 1 is 1.16 bits per heavy atom. The van der Waals surface area contributed by atoms with Crippen molar-refractivity contribution >= 4 is 17.5 Å². The molecule has 4 rings (SSSR count). The van der Waals surface area contributed by atoms with Gasteiger partial charge in [-0.25, -0.2) is 0 Å². The second-order valence-electron chi connectivity index (χ2n) is 8.69. The van der Waals surface area contributed by atoms with Crippen LogP contribution in [0.25, 0.3) is 0 Å². The Morgan fingerprint density at radius 3 is 2.50 bits per heavy atom. The van der Waals surface area contributed by atoms with Crippen LogP contribution in [0.4, 0.5) is 5.69 Å². The van der Waals surface area contributed by atoms with E-state index in [0.29, 0.717) is 42.7 Å². The average Bonchev–Trinajstić information content (AvgIpc) is 3.46. The normalized spacial score (nSPS) is 19.7. The highest BCUT2D eigenvalue weighted by Gasteiger charge is 2.38. The molecule has 2 amide bonds. The molecule has 0 aliphatic carbocycles. The minimum Gasteiger partial charge on any atom is -0.493 e. The highest BCUT2D eigenvalue weighted by atomic mass is 16.5. The number of nitrogens with zero attached hydrogens (tertiary/aromatic N) is 4. The number of ether oxygens (including phenoxy) is 2. The number of hydrogen-bond donors (Lipinski definition) is 0. The third-order valence-corrected chi connectivity index (χ3v) is 6.28. The number of benzene rings is 1. The van der Waals surface area contributed by atoms with Crippen molar-refractivity contribution in [2.24, 2.45) is 5.92 Å². The van der Waals surface area contributed by atoms with Crippen LogP contribution in [-0.4, -0.2) is 60.7 Å². The molecular formula is C23H30N4O5. The Labute approximate surface area is 187 Å². The Hall–Kier alpha value is -3.10. The highest BCUT2D eigenvalue weighted by Crippen LogP contribution is 2.35. The molecule has 2 fully saturated rings. The number of rotatable bonds is 6. The fraction of sp³-hybridized carbons (Fsp3) is 0.565. The molecule has 3 heterocycles. The molecule has 9 heteroatoms. The summed E-state index contributed by atoms with van der Waals surface area (Å²) in [6, 6.07) is 5.35. The van der Waals surface area contributed by atoms with Crippen LogP contribution in [0.3, 0.4) is 0 Å². The first-order chi connectivity index (χ1) is 15.4. The van der Waals surface area contributed by atoms with E-state index in [0.717, 1.165) is 18.7 Å². The van der Waals surface area contributed by atoms with Crippen LogP contribution in [0, 0.1) is 5.92 Å². The van der Waals surface area contributed by atoms with Crippen LogP contribution in [0.2, 0.25) is 0 Å². The van der Waals surface area contributed by atoms with Gasteiger partial charge in [0.05, 0.1) is 20.1 Å². The van der Waals surface area contributed by atoms with Crippen molar-refractivity contribution in [1.29, 1.82) is 0 Å². The summed E-state index contributed by atoms with van der Waals surface area (Å²) in [6.45, 7) is 5.68. The molecule has 1 atom stereocenters. The summed E-state index contributed by atoms with van der Waals surface area (Å²) in [5, 5.41) is 4.13. The maximum atomic E-state index is 13.1. The number of carbonyl (C=O) groups excluding carboxylic acids is 2. The Kier molecular flexibility index (Phi) is 6.34. The molecule has 0 bridgehead atoms. The van der Waals surface area contributed by atoms with Crippen molar-refractivity contribution in [3.8, 4) is 11.5 Å². The molecule has 172 valence electrons. The number of anilines is 1. The quantitative estimate of drug-likeness (QED) is 0.678. The zero-order chi connectivity index (χ0) is 22.8. The van der Waals surface area contributed by atoms with Crippen molar-refractivity contribution in [2.45, 2.75) is 44.9 Å². The molecule has 2 aliphatic heterocycles. The van der Waals surface area contributed by atoms with Gasteiger partial charge in [0.2, 0.25) is 17.7 Å². The van der Waals surface area contributed by atoms with Gasteiger partial charge >= 0.3 is 0 Å². The van der Waals surface area contributed by atoms with Crippen molar-refractivity contribution in [1.82, 2.24) is 15.0 Å². The van der Waals surface area contributed by atoms with E-state index in [1.165, 1.54) is 0 Å². The smallest absolute Gasteiger partial charge is 0.229 e. The molecule has 0 radical (unpaired) electrons. The molecule has 9 nitrogen and oxygen atoms in total. The topological polar surface area (TPSA) is 98.0 Å². The lowest BCUT2D eigenvalue weighted by molar-refractivity contribution is -0.136. The largest absolute Gasteiger partial charge is 0.493 e. The minimum absolute atomic E-state index is 0.0377. The van der Waals surface area contributed by atoms with Crippen LogP contribution < -0.4 is 14.4 Å². The summed E-state index contributed by atoms with van der Waals surface area (Å²) in [7, 11) is 3.12. The van der Waals surface area contributed by atoms with E-state index in [1.54, 1.807) is 31.3 Å². The van der Waals surface area contributed by atoms with Gasteiger partial charge in [0.1, 0.15) is 0 Å². The van der Waals surface area contributed by atoms with E-state index in [1.807, 2.05) is 24.8 Å². The van der Waals surface area contributed by atoms with E-state index < -0.39 is 0 Å². The first-order valence-corrected chi connectivity index (χ1v) is 11.1. The molecule has 2 aromatic rings. The maximum Gasteiger partial charge on any atom is 0.229 e. The molecule has 0 spiro atoms. The van der Waals surface area contributed by atoms with Crippen molar-refractivity contribution < 1.29 is 23.6 Å². The number of carbonyl (C=O) groups is 2. The van der Waals surface area contributed by atoms with E-state index in [9.17, 15) is 9.59 Å². The van der Waals surface area contributed by atoms with E-state index in [2.05, 4.69) is 10.1 Å². The molecule has 0 saturated carbocycles. The second-order valence-corrected chi connectivity index (χ2v) is 8.69. The average molecular weight is 443 g/mol. The molecule has 1 aromatic carbocycles. The minimum atomic E-state index is -0.343. The molecule has 2 aliphatic rings. The van der Waals surface area contributed by atoms with Crippen molar-refractivity contribution in [3.63, 3.8) is 0 Å². The van der Waals surface area contributed by atoms with Gasteiger partial charge in [-0.3, -0.25) is 9.59 Å². The third kappa shape index (κ3) is 4.28. The first-order valence-electron chi connectivity index (χ1n) is 11.1. The zero-order valence-electron chi connectivity index (χ0n) is 19.0. The molecule has 1 aromatic heterocycles. The van der Waals surface area contributed by atoms with Crippen LogP contribution in [-0.2, 0) is 9.59 Å². The summed E-state index contributed by atoms with van der Waals surface area (Å²) >= 11 is 0. The zero-order valence-corrected chi connectivity index (χ0v) is 19.0. The predicted octanol–water partition coefficient (Wildman–Crippen LogP) is 2.97. The van der Waals surface area contributed by atoms with Crippen LogP contribution >= 0.6 is 0 Å². The van der Waals surface area contributed by atoms with Crippen LogP contribution in [0.5, 0.6) is 11.5 Å². The standard InChI is InChI=1S/C23H30N4O5/c1-14(2)22-24-21(25-32-22)15-7-9-26(10-8-15)23(29)16-11-20(28)27(13-16)17-5-6-18(30-3)19(12-17)31-4/h5-6,12,14-16H,7-11,13H2,1-4H3/t16-/m0/s1. The predicted molar refractivity (Wildman–Crippen MR) is 117 cm³/mol. The van der Waals surface area contributed by atoms with Gasteiger partial charge in [0.15, 0.2) is 17.3 Å². The summed E-state index contributed by atoms with van der Waals surface area (Å²) in [5.74, 6) is 2.57. The Balaban J connectivity index is 1.37. The number of hydrogen-bond acceptors (Lipinski definition) is 7. The molecule has 0 N–H and O–H groups in total. The lowest BCUT2D eigenvalue weighted by Crippen LogP contribution is -2.42. The fourth-order valence-corrected chi connectivity index (χ4v) is 4.38. The Morgan fingerprint density at radius 2 is 1.88 bits per heavy atom. The lowest BCUT2D eigenvalue weighted by Gasteiger charge is -2.32. The summed E-state index contributed by atoms with van der Waals surface area (Å²) in [6.07, 6.45) is 1.81. The van der Waals surface area contributed by atoms with Gasteiger partial charge in [0.25, 0.3) is 0 Å². The number of likely N-dealkylation sites (tertiary alicyclic amines) is 1. The maximum absolute atomic E-state index is 13.1. The highest BCUT2D eigenvalue weighted by molar-refractivity contribution is 6.00. The van der Waals surface area contributed by atoms with Crippen LogP contribution in [0.1, 0.15) is 56.7 Å². The van der Waals surface area contributed by atoms with Gasteiger partial charge in [-0.15, -0.1) is 0 Å². The number of amides is 2. The lowest BCUT2D eigenvalue weighted by atomic mass is 9.95. The molecule has 0 unspecified atom stereocenters. The van der Waals surface area contributed by atoms with Gasteiger partial charge < -0.3 is 23.8 Å². The van der Waals surface area contributed by atoms with Gasteiger partial charge in [0, 0.05) is 49.6 Å².